The van der Waals surface area contributed by atoms with E-state index in [2.05, 4.69) is 15.5 Å². The van der Waals surface area contributed by atoms with Crippen LogP contribution in [0.3, 0.4) is 0 Å². The molecule has 0 aliphatic carbocycles. The highest BCUT2D eigenvalue weighted by Gasteiger charge is 2.07. The van der Waals surface area contributed by atoms with Gasteiger partial charge < -0.3 is 5.32 Å². The van der Waals surface area contributed by atoms with Gasteiger partial charge in [0.2, 0.25) is 5.91 Å². The molecule has 0 aliphatic rings. The maximum atomic E-state index is 11.7. The molecule has 0 spiro atoms. The second kappa shape index (κ2) is 4.94. The highest BCUT2D eigenvalue weighted by Crippen LogP contribution is 2.13. The summed E-state index contributed by atoms with van der Waals surface area (Å²) in [5.41, 5.74) is 1.71. The van der Waals surface area contributed by atoms with E-state index in [-0.39, 0.29) is 12.3 Å². The number of nitrogens with zero attached hydrogens (tertiary/aromatic N) is 2. The van der Waals surface area contributed by atoms with E-state index < -0.39 is 0 Å². The number of nitrogens with one attached hydrogen (secondary N) is 2. The largest absolute Gasteiger partial charge is 0.325 e. The number of benzene rings is 1. The fourth-order valence-electron chi connectivity index (χ4n) is 1.44. The van der Waals surface area contributed by atoms with E-state index in [0.29, 0.717) is 11.3 Å². The van der Waals surface area contributed by atoms with Crippen LogP contribution in [0.5, 0.6) is 0 Å². The zero-order valence-corrected chi connectivity index (χ0v) is 8.97. The van der Waals surface area contributed by atoms with E-state index in [4.69, 9.17) is 5.26 Å². The lowest BCUT2D eigenvalue weighted by molar-refractivity contribution is -0.115. The number of anilines is 1. The first-order chi connectivity index (χ1) is 8.29. The van der Waals surface area contributed by atoms with Gasteiger partial charge >= 0.3 is 0 Å². The molecule has 84 valence electrons. The van der Waals surface area contributed by atoms with Crippen molar-refractivity contribution in [3.05, 3.63) is 47.8 Å². The van der Waals surface area contributed by atoms with Crippen molar-refractivity contribution in [2.24, 2.45) is 0 Å². The Labute approximate surface area is 98.1 Å². The van der Waals surface area contributed by atoms with Crippen LogP contribution >= 0.6 is 0 Å². The third-order valence-electron chi connectivity index (χ3n) is 2.23. The maximum absolute atomic E-state index is 11.7. The zero-order chi connectivity index (χ0) is 12.1. The summed E-state index contributed by atoms with van der Waals surface area (Å²) in [6.45, 7) is 0. The fraction of sp³-hybridized carbons (Fsp3) is 0.0833. The van der Waals surface area contributed by atoms with E-state index in [1.54, 1.807) is 36.5 Å². The third-order valence-corrected chi connectivity index (χ3v) is 2.23. The van der Waals surface area contributed by atoms with Gasteiger partial charge in [0, 0.05) is 11.9 Å². The molecule has 2 aromatic rings. The van der Waals surface area contributed by atoms with Crippen molar-refractivity contribution in [3.8, 4) is 6.07 Å². The van der Waals surface area contributed by atoms with Crippen LogP contribution in [0.15, 0.2) is 36.5 Å². The average Bonchev–Trinajstić information content (AvgIpc) is 2.82. The number of para-hydroxylation sites is 1. The number of aromatic nitrogens is 2. The summed E-state index contributed by atoms with van der Waals surface area (Å²) < 4.78 is 0. The number of carbonyl (C=O) groups excluding carboxylic acids is 1. The monoisotopic (exact) mass is 226 g/mol. The van der Waals surface area contributed by atoms with E-state index in [9.17, 15) is 4.79 Å². The molecule has 0 radical (unpaired) electrons. The molecule has 2 N–H and O–H groups in total. The van der Waals surface area contributed by atoms with Gasteiger partial charge in [-0.1, -0.05) is 12.1 Å². The molecule has 0 bridgehead atoms. The zero-order valence-electron chi connectivity index (χ0n) is 8.97. The predicted octanol–water partition coefficient (Wildman–Crippen LogP) is 1.46. The molecule has 1 aromatic carbocycles. The summed E-state index contributed by atoms with van der Waals surface area (Å²) in [5, 5.41) is 18.0. The van der Waals surface area contributed by atoms with Gasteiger partial charge in [0.05, 0.1) is 17.7 Å². The number of carbonyl (C=O) groups is 1. The lowest BCUT2D eigenvalue weighted by atomic mass is 10.2. The Morgan fingerprint density at radius 3 is 2.94 bits per heavy atom. The summed E-state index contributed by atoms with van der Waals surface area (Å²) in [6, 6.07) is 10.6. The van der Waals surface area contributed by atoms with Gasteiger partial charge in [-0.25, -0.2) is 0 Å². The molecule has 0 atom stereocenters. The number of amides is 1. The lowest BCUT2D eigenvalue weighted by Gasteiger charge is -2.05. The second-order valence-electron chi connectivity index (χ2n) is 3.46. The highest BCUT2D eigenvalue weighted by molar-refractivity contribution is 5.93. The van der Waals surface area contributed by atoms with E-state index >= 15 is 0 Å². The van der Waals surface area contributed by atoms with Crippen LogP contribution in [-0.2, 0) is 11.2 Å². The van der Waals surface area contributed by atoms with Crippen LogP contribution in [0, 0.1) is 11.3 Å². The SMILES string of the molecule is N#Cc1ccccc1NC(=O)Cc1ccn[nH]1. The van der Waals surface area contributed by atoms with Crippen LogP contribution in [0.2, 0.25) is 0 Å². The molecule has 2 rings (SSSR count). The molecule has 5 nitrogen and oxygen atoms in total. The minimum absolute atomic E-state index is 0.183. The third kappa shape index (κ3) is 2.69. The normalized spacial score (nSPS) is 9.59. The Morgan fingerprint density at radius 2 is 2.24 bits per heavy atom. The van der Waals surface area contributed by atoms with Crippen molar-refractivity contribution in [3.63, 3.8) is 0 Å². The van der Waals surface area contributed by atoms with Gasteiger partial charge in [-0.3, -0.25) is 9.89 Å². The molecule has 0 aliphatic heterocycles. The van der Waals surface area contributed by atoms with Crippen molar-refractivity contribution >= 4 is 11.6 Å². The van der Waals surface area contributed by atoms with E-state index in [0.717, 1.165) is 5.69 Å². The molecule has 17 heavy (non-hydrogen) atoms. The minimum atomic E-state index is -0.183. The van der Waals surface area contributed by atoms with Gasteiger partial charge in [0.25, 0.3) is 0 Å². The molecule has 0 saturated heterocycles. The van der Waals surface area contributed by atoms with Gasteiger partial charge in [0.1, 0.15) is 6.07 Å². The number of H-pyrrole nitrogens is 1. The van der Waals surface area contributed by atoms with E-state index in [1.165, 1.54) is 0 Å². The van der Waals surface area contributed by atoms with Gasteiger partial charge in [-0.05, 0) is 18.2 Å². The van der Waals surface area contributed by atoms with Crippen LogP contribution < -0.4 is 5.32 Å². The Morgan fingerprint density at radius 1 is 1.41 bits per heavy atom. The smallest absolute Gasteiger partial charge is 0.230 e. The molecule has 1 aromatic heterocycles. The van der Waals surface area contributed by atoms with Crippen LogP contribution in [-0.4, -0.2) is 16.1 Å². The predicted molar refractivity (Wildman–Crippen MR) is 62.1 cm³/mol. The number of hydrogen-bond donors (Lipinski definition) is 2. The van der Waals surface area contributed by atoms with Gasteiger partial charge in [-0.2, -0.15) is 10.4 Å². The van der Waals surface area contributed by atoms with Crippen molar-refractivity contribution in [2.75, 3.05) is 5.32 Å². The molecular formula is C12H10N4O. The molecule has 0 saturated carbocycles. The van der Waals surface area contributed by atoms with Crippen LogP contribution in [0.4, 0.5) is 5.69 Å². The number of rotatable bonds is 3. The topological polar surface area (TPSA) is 81.6 Å². The molecular weight excluding hydrogens is 216 g/mol. The Bertz CT molecular complexity index is 554. The summed E-state index contributed by atoms with van der Waals surface area (Å²) in [7, 11) is 0. The van der Waals surface area contributed by atoms with Gasteiger partial charge in [-0.15, -0.1) is 0 Å². The summed E-state index contributed by atoms with van der Waals surface area (Å²) in [5.74, 6) is -0.183. The Kier molecular flexibility index (Phi) is 3.17. The highest BCUT2D eigenvalue weighted by atomic mass is 16.1. The summed E-state index contributed by atoms with van der Waals surface area (Å²) >= 11 is 0. The van der Waals surface area contributed by atoms with Crippen LogP contribution in [0.25, 0.3) is 0 Å². The number of aromatic amines is 1. The quantitative estimate of drug-likeness (QED) is 0.831. The fourth-order valence-corrected chi connectivity index (χ4v) is 1.44. The molecule has 1 heterocycles. The molecule has 5 heteroatoms. The molecule has 0 unspecified atom stereocenters. The van der Waals surface area contributed by atoms with Crippen molar-refractivity contribution in [1.82, 2.24) is 10.2 Å². The van der Waals surface area contributed by atoms with E-state index in [1.807, 2.05) is 6.07 Å². The Balaban J connectivity index is 2.06. The number of hydrogen-bond acceptors (Lipinski definition) is 3. The molecule has 1 amide bonds. The maximum Gasteiger partial charge on any atom is 0.230 e. The van der Waals surface area contributed by atoms with Crippen LogP contribution in [0.1, 0.15) is 11.3 Å². The lowest BCUT2D eigenvalue weighted by Crippen LogP contribution is -2.15. The Hall–Kier alpha value is -2.61. The standard InChI is InChI=1S/C12H10N4O/c13-8-9-3-1-2-4-11(9)15-12(17)7-10-5-6-14-16-10/h1-6H,7H2,(H,14,16)(H,15,17). The first-order valence-electron chi connectivity index (χ1n) is 5.07. The minimum Gasteiger partial charge on any atom is -0.325 e. The number of nitriles is 1. The van der Waals surface area contributed by atoms with Crippen molar-refractivity contribution in [1.29, 1.82) is 5.26 Å². The average molecular weight is 226 g/mol. The summed E-state index contributed by atoms with van der Waals surface area (Å²) in [6.07, 6.45) is 1.80. The summed E-state index contributed by atoms with van der Waals surface area (Å²) in [4.78, 5) is 11.7. The first-order valence-corrected chi connectivity index (χ1v) is 5.07. The van der Waals surface area contributed by atoms with Crippen molar-refractivity contribution in [2.45, 2.75) is 6.42 Å². The van der Waals surface area contributed by atoms with Crippen molar-refractivity contribution < 1.29 is 4.79 Å². The van der Waals surface area contributed by atoms with Gasteiger partial charge in [0.15, 0.2) is 0 Å². The first kappa shape index (κ1) is 10.9. The second-order valence-corrected chi connectivity index (χ2v) is 3.46. The molecule has 0 fully saturated rings.